The highest BCUT2D eigenvalue weighted by Crippen LogP contribution is 2.20. The molecule has 0 fully saturated rings. The monoisotopic (exact) mass is 217 g/mol. The van der Waals surface area contributed by atoms with E-state index < -0.39 is 6.43 Å². The zero-order valence-electron chi connectivity index (χ0n) is 7.75. The number of benzene rings is 1. The Hall–Kier alpha value is -0.610. The fraction of sp³-hybridized carbons (Fsp3) is 0.400. The first-order valence-electron chi connectivity index (χ1n) is 4.42. The lowest BCUT2D eigenvalue weighted by Gasteiger charge is -2.02. The average molecular weight is 217 g/mol. The maximum absolute atomic E-state index is 11.8. The molecule has 14 heavy (non-hydrogen) atoms. The molecule has 4 heteroatoms. The lowest BCUT2D eigenvalue weighted by Crippen LogP contribution is -1.95. The third kappa shape index (κ3) is 4.07. The number of halogens is 2. The summed E-state index contributed by atoms with van der Waals surface area (Å²) in [4.78, 5) is 1.02. The highest BCUT2D eigenvalue weighted by Gasteiger charge is 2.02. The number of alkyl halides is 2. The van der Waals surface area contributed by atoms with Crippen LogP contribution in [0.15, 0.2) is 29.2 Å². The largest absolute Gasteiger partial charge is 0.326 e. The summed E-state index contributed by atoms with van der Waals surface area (Å²) < 4.78 is 23.7. The van der Waals surface area contributed by atoms with Crippen LogP contribution in [-0.4, -0.2) is 12.2 Å². The smallest absolute Gasteiger partial charge is 0.239 e. The first kappa shape index (κ1) is 11.5. The fourth-order valence-electron chi connectivity index (χ4n) is 0.988. The van der Waals surface area contributed by atoms with Gasteiger partial charge in [0.15, 0.2) is 0 Å². The molecule has 0 aliphatic carbocycles. The second-order valence-corrected chi connectivity index (χ2v) is 4.04. The van der Waals surface area contributed by atoms with Crippen molar-refractivity contribution in [3.05, 3.63) is 29.8 Å². The van der Waals surface area contributed by atoms with Gasteiger partial charge in [-0.3, -0.25) is 0 Å². The molecule has 1 nitrogen and oxygen atoms in total. The number of thioether (sulfide) groups is 1. The molecule has 0 radical (unpaired) electrons. The lowest BCUT2D eigenvalue weighted by molar-refractivity contribution is 0.145. The van der Waals surface area contributed by atoms with Crippen LogP contribution < -0.4 is 5.73 Å². The Morgan fingerprint density at radius 3 is 2.36 bits per heavy atom. The second-order valence-electron chi connectivity index (χ2n) is 2.88. The van der Waals surface area contributed by atoms with Gasteiger partial charge >= 0.3 is 0 Å². The van der Waals surface area contributed by atoms with Gasteiger partial charge in [0.1, 0.15) is 0 Å². The molecule has 2 N–H and O–H groups in total. The van der Waals surface area contributed by atoms with E-state index in [1.807, 2.05) is 24.3 Å². The van der Waals surface area contributed by atoms with Gasteiger partial charge < -0.3 is 5.73 Å². The van der Waals surface area contributed by atoms with E-state index in [1.165, 1.54) is 11.8 Å². The Morgan fingerprint density at radius 2 is 1.86 bits per heavy atom. The third-order valence-corrected chi connectivity index (χ3v) is 2.81. The molecular weight excluding hydrogens is 204 g/mol. The number of nitrogens with two attached hydrogens (primary N) is 1. The molecule has 0 aromatic heterocycles. The van der Waals surface area contributed by atoms with E-state index in [9.17, 15) is 8.78 Å². The molecule has 1 rings (SSSR count). The molecular formula is C10H13F2NS. The molecule has 0 unspecified atom stereocenters. The molecule has 0 saturated heterocycles. The maximum atomic E-state index is 11.8. The standard InChI is InChI=1S/C10H13F2NS/c11-10(12)5-6-14-9-3-1-8(7-13)2-4-9/h1-4,10H,5-7,13H2. The van der Waals surface area contributed by atoms with Crippen molar-refractivity contribution in [1.29, 1.82) is 0 Å². The van der Waals surface area contributed by atoms with Crippen LogP contribution >= 0.6 is 11.8 Å². The van der Waals surface area contributed by atoms with Crippen LogP contribution in [0.4, 0.5) is 8.78 Å². The van der Waals surface area contributed by atoms with Gasteiger partial charge in [-0.05, 0) is 17.7 Å². The summed E-state index contributed by atoms with van der Waals surface area (Å²) in [5, 5.41) is 0. The fourth-order valence-corrected chi connectivity index (χ4v) is 1.85. The highest BCUT2D eigenvalue weighted by molar-refractivity contribution is 7.99. The van der Waals surface area contributed by atoms with Crippen LogP contribution in [0.3, 0.4) is 0 Å². The molecule has 0 saturated carbocycles. The topological polar surface area (TPSA) is 26.0 Å². The van der Waals surface area contributed by atoms with Crippen molar-refractivity contribution < 1.29 is 8.78 Å². The molecule has 0 atom stereocenters. The minimum Gasteiger partial charge on any atom is -0.326 e. The molecule has 1 aromatic carbocycles. The summed E-state index contributed by atoms with van der Waals surface area (Å²) in [5.74, 6) is 0.458. The highest BCUT2D eigenvalue weighted by atomic mass is 32.2. The summed E-state index contributed by atoms with van der Waals surface area (Å²) in [6.07, 6.45) is -2.26. The third-order valence-electron chi connectivity index (χ3n) is 1.76. The molecule has 0 spiro atoms. The average Bonchev–Trinajstić information content (AvgIpc) is 2.18. The van der Waals surface area contributed by atoms with Crippen molar-refractivity contribution in [1.82, 2.24) is 0 Å². The second kappa shape index (κ2) is 5.98. The van der Waals surface area contributed by atoms with Crippen molar-refractivity contribution in [2.75, 3.05) is 5.75 Å². The normalized spacial score (nSPS) is 10.9. The molecule has 0 aliphatic heterocycles. The molecule has 0 heterocycles. The van der Waals surface area contributed by atoms with Gasteiger partial charge in [0.05, 0.1) is 0 Å². The quantitative estimate of drug-likeness (QED) is 0.767. The van der Waals surface area contributed by atoms with Crippen LogP contribution in [0.5, 0.6) is 0 Å². The van der Waals surface area contributed by atoms with Crippen molar-refractivity contribution in [2.24, 2.45) is 5.73 Å². The lowest BCUT2D eigenvalue weighted by atomic mass is 10.2. The first-order valence-corrected chi connectivity index (χ1v) is 5.41. The van der Waals surface area contributed by atoms with E-state index in [2.05, 4.69) is 0 Å². The molecule has 0 aliphatic rings. The predicted molar refractivity (Wildman–Crippen MR) is 55.7 cm³/mol. The summed E-state index contributed by atoms with van der Waals surface area (Å²) in [6.45, 7) is 0.516. The Balaban J connectivity index is 2.36. The number of rotatable bonds is 5. The molecule has 0 bridgehead atoms. The van der Waals surface area contributed by atoms with Crippen molar-refractivity contribution >= 4 is 11.8 Å². The van der Waals surface area contributed by atoms with Crippen molar-refractivity contribution in [3.63, 3.8) is 0 Å². The zero-order chi connectivity index (χ0) is 10.4. The van der Waals surface area contributed by atoms with Gasteiger partial charge in [-0.2, -0.15) is 0 Å². The van der Waals surface area contributed by atoms with Gasteiger partial charge in [-0.15, -0.1) is 11.8 Å². The first-order chi connectivity index (χ1) is 6.72. The van der Waals surface area contributed by atoms with Gasteiger partial charge in [0.25, 0.3) is 0 Å². The summed E-state index contributed by atoms with van der Waals surface area (Å²) in [7, 11) is 0. The van der Waals surface area contributed by atoms with Crippen molar-refractivity contribution in [2.45, 2.75) is 24.3 Å². The number of hydrogen-bond acceptors (Lipinski definition) is 2. The minimum atomic E-state index is -2.20. The van der Waals surface area contributed by atoms with E-state index in [1.54, 1.807) is 0 Å². The van der Waals surface area contributed by atoms with Gasteiger partial charge in [-0.1, -0.05) is 12.1 Å². The summed E-state index contributed by atoms with van der Waals surface area (Å²) >= 11 is 1.45. The summed E-state index contributed by atoms with van der Waals surface area (Å²) in [5.41, 5.74) is 6.49. The Labute approximate surface area is 86.7 Å². The van der Waals surface area contributed by atoms with E-state index in [0.717, 1.165) is 10.5 Å². The Morgan fingerprint density at radius 1 is 1.21 bits per heavy atom. The maximum Gasteiger partial charge on any atom is 0.239 e. The number of hydrogen-bond donors (Lipinski definition) is 1. The molecule has 0 amide bonds. The van der Waals surface area contributed by atoms with Crippen LogP contribution in [0.25, 0.3) is 0 Å². The SMILES string of the molecule is NCc1ccc(SCCC(F)F)cc1. The van der Waals surface area contributed by atoms with E-state index in [4.69, 9.17) is 5.73 Å². The van der Waals surface area contributed by atoms with Gasteiger partial charge in [-0.25, -0.2) is 8.78 Å². The Kier molecular flexibility index (Phi) is 4.90. The van der Waals surface area contributed by atoms with E-state index in [0.29, 0.717) is 12.3 Å². The van der Waals surface area contributed by atoms with Crippen LogP contribution in [0.1, 0.15) is 12.0 Å². The van der Waals surface area contributed by atoms with Gasteiger partial charge in [0, 0.05) is 23.6 Å². The minimum absolute atomic E-state index is 0.0523. The molecule has 78 valence electrons. The predicted octanol–water partition coefficient (Wildman–Crippen LogP) is 2.89. The van der Waals surface area contributed by atoms with Crippen LogP contribution in [0.2, 0.25) is 0 Å². The van der Waals surface area contributed by atoms with E-state index in [-0.39, 0.29) is 6.42 Å². The molecule has 1 aromatic rings. The Bertz CT molecular complexity index is 261. The zero-order valence-corrected chi connectivity index (χ0v) is 8.57. The van der Waals surface area contributed by atoms with Crippen LogP contribution in [-0.2, 0) is 6.54 Å². The van der Waals surface area contributed by atoms with Crippen LogP contribution in [0, 0.1) is 0 Å². The summed E-state index contributed by atoms with van der Waals surface area (Å²) in [6, 6.07) is 7.67. The van der Waals surface area contributed by atoms with Gasteiger partial charge in [0.2, 0.25) is 6.43 Å². The van der Waals surface area contributed by atoms with Crippen molar-refractivity contribution in [3.8, 4) is 0 Å². The van der Waals surface area contributed by atoms with E-state index >= 15 is 0 Å².